The van der Waals surface area contributed by atoms with Crippen LogP contribution in [0.15, 0.2) is 30.9 Å². The molecule has 21 heavy (non-hydrogen) atoms. The smallest absolute Gasteiger partial charge is 0.166 e. The van der Waals surface area contributed by atoms with E-state index in [2.05, 4.69) is 36.7 Å². The van der Waals surface area contributed by atoms with E-state index in [-0.39, 0.29) is 0 Å². The van der Waals surface area contributed by atoms with E-state index in [0.29, 0.717) is 6.61 Å². The van der Waals surface area contributed by atoms with Gasteiger partial charge >= 0.3 is 0 Å². The number of para-hydroxylation sites is 1. The Kier molecular flexibility index (Phi) is 8.55. The van der Waals surface area contributed by atoms with Gasteiger partial charge in [-0.05, 0) is 19.2 Å². The van der Waals surface area contributed by atoms with Crippen LogP contribution in [0.3, 0.4) is 0 Å². The highest BCUT2D eigenvalue weighted by atomic mass is 16.5. The summed E-state index contributed by atoms with van der Waals surface area (Å²) in [5.74, 6) is 1.56. The third-order valence-corrected chi connectivity index (χ3v) is 3.44. The van der Waals surface area contributed by atoms with Gasteiger partial charge in [-0.25, -0.2) is 0 Å². The molecule has 0 bridgehead atoms. The Morgan fingerprint density at radius 3 is 2.67 bits per heavy atom. The number of benzene rings is 1. The Morgan fingerprint density at radius 2 is 2.05 bits per heavy atom. The molecule has 0 aliphatic rings. The summed E-state index contributed by atoms with van der Waals surface area (Å²) < 4.78 is 11.1. The highest BCUT2D eigenvalue weighted by Gasteiger charge is 2.10. The molecule has 1 N–H and O–H groups in total. The van der Waals surface area contributed by atoms with E-state index in [1.165, 1.54) is 0 Å². The first kappa shape index (κ1) is 17.5. The topological polar surface area (TPSA) is 33.7 Å². The SMILES string of the molecule is C=CCOc1c(CNCCN(CC)CC)cccc1OC. The summed E-state index contributed by atoms with van der Waals surface area (Å²) >= 11 is 0. The average Bonchev–Trinajstić information content (AvgIpc) is 2.53. The highest BCUT2D eigenvalue weighted by molar-refractivity contribution is 5.46. The molecule has 0 aliphatic carbocycles. The van der Waals surface area contributed by atoms with Crippen molar-refractivity contribution in [2.75, 3.05) is 39.9 Å². The number of hydrogen-bond acceptors (Lipinski definition) is 4. The van der Waals surface area contributed by atoms with Gasteiger partial charge in [-0.3, -0.25) is 0 Å². The second-order valence-corrected chi connectivity index (χ2v) is 4.75. The molecule has 4 heteroatoms. The molecule has 0 saturated heterocycles. The van der Waals surface area contributed by atoms with Crippen molar-refractivity contribution in [3.05, 3.63) is 36.4 Å². The summed E-state index contributed by atoms with van der Waals surface area (Å²) in [7, 11) is 1.66. The van der Waals surface area contributed by atoms with Crippen molar-refractivity contribution in [1.82, 2.24) is 10.2 Å². The van der Waals surface area contributed by atoms with Gasteiger partial charge in [0.05, 0.1) is 7.11 Å². The van der Waals surface area contributed by atoms with E-state index in [1.54, 1.807) is 13.2 Å². The molecular weight excluding hydrogens is 264 g/mol. The number of ether oxygens (including phenoxy) is 2. The summed E-state index contributed by atoms with van der Waals surface area (Å²) in [6.45, 7) is 13.5. The van der Waals surface area contributed by atoms with Gasteiger partial charge < -0.3 is 19.7 Å². The molecule has 1 rings (SSSR count). The Hall–Kier alpha value is -1.52. The summed E-state index contributed by atoms with van der Waals surface area (Å²) in [5, 5.41) is 3.47. The zero-order valence-corrected chi connectivity index (χ0v) is 13.5. The predicted molar refractivity (Wildman–Crippen MR) is 88.2 cm³/mol. The molecular formula is C17H28N2O2. The van der Waals surface area contributed by atoms with Crippen LogP contribution >= 0.6 is 0 Å². The Labute approximate surface area is 128 Å². The largest absolute Gasteiger partial charge is 0.493 e. The zero-order chi connectivity index (χ0) is 15.5. The highest BCUT2D eigenvalue weighted by Crippen LogP contribution is 2.30. The first-order valence-corrected chi connectivity index (χ1v) is 7.59. The fraction of sp³-hybridized carbons (Fsp3) is 0.529. The Balaban J connectivity index is 2.58. The molecule has 1 aromatic carbocycles. The molecule has 1 aromatic rings. The van der Waals surface area contributed by atoms with Gasteiger partial charge in [0, 0.05) is 25.2 Å². The lowest BCUT2D eigenvalue weighted by Crippen LogP contribution is -2.31. The van der Waals surface area contributed by atoms with E-state index in [4.69, 9.17) is 9.47 Å². The first-order valence-electron chi connectivity index (χ1n) is 7.59. The van der Waals surface area contributed by atoms with Crippen molar-refractivity contribution >= 4 is 0 Å². The van der Waals surface area contributed by atoms with Crippen LogP contribution < -0.4 is 14.8 Å². The van der Waals surface area contributed by atoms with Crippen LogP contribution in [0.25, 0.3) is 0 Å². The van der Waals surface area contributed by atoms with Crippen LogP contribution in [0.2, 0.25) is 0 Å². The van der Waals surface area contributed by atoms with Gasteiger partial charge in [0.15, 0.2) is 11.5 Å². The molecule has 0 saturated carbocycles. The van der Waals surface area contributed by atoms with E-state index in [0.717, 1.165) is 49.8 Å². The number of rotatable bonds is 11. The Morgan fingerprint density at radius 1 is 1.29 bits per heavy atom. The van der Waals surface area contributed by atoms with Crippen LogP contribution in [0.5, 0.6) is 11.5 Å². The number of likely N-dealkylation sites (N-methyl/N-ethyl adjacent to an activating group) is 1. The second-order valence-electron chi connectivity index (χ2n) is 4.75. The predicted octanol–water partition coefficient (Wildman–Crippen LogP) is 2.69. The van der Waals surface area contributed by atoms with E-state index >= 15 is 0 Å². The molecule has 0 aromatic heterocycles. The molecule has 0 spiro atoms. The minimum Gasteiger partial charge on any atom is -0.493 e. The van der Waals surface area contributed by atoms with Gasteiger partial charge in [0.2, 0.25) is 0 Å². The van der Waals surface area contributed by atoms with Gasteiger partial charge in [0.1, 0.15) is 6.61 Å². The molecule has 0 amide bonds. The lowest BCUT2D eigenvalue weighted by Gasteiger charge is -2.19. The summed E-state index contributed by atoms with van der Waals surface area (Å²) in [6, 6.07) is 5.96. The molecule has 0 unspecified atom stereocenters. The van der Waals surface area contributed by atoms with Crippen LogP contribution in [0, 0.1) is 0 Å². The van der Waals surface area contributed by atoms with E-state index in [1.807, 2.05) is 12.1 Å². The van der Waals surface area contributed by atoms with E-state index in [9.17, 15) is 0 Å². The third kappa shape index (κ3) is 5.78. The zero-order valence-electron chi connectivity index (χ0n) is 13.5. The molecule has 4 nitrogen and oxygen atoms in total. The molecule has 0 aliphatic heterocycles. The van der Waals surface area contributed by atoms with E-state index < -0.39 is 0 Å². The van der Waals surface area contributed by atoms with Crippen molar-refractivity contribution in [2.24, 2.45) is 0 Å². The number of methoxy groups -OCH3 is 1. The molecule has 0 heterocycles. The quantitative estimate of drug-likeness (QED) is 0.502. The maximum absolute atomic E-state index is 5.74. The first-order chi connectivity index (χ1) is 10.3. The minimum atomic E-state index is 0.479. The molecule has 0 fully saturated rings. The lowest BCUT2D eigenvalue weighted by molar-refractivity contribution is 0.300. The summed E-state index contributed by atoms with van der Waals surface area (Å²) in [6.07, 6.45) is 1.74. The van der Waals surface area contributed by atoms with Gasteiger partial charge in [0.25, 0.3) is 0 Å². The monoisotopic (exact) mass is 292 g/mol. The Bertz CT molecular complexity index is 417. The maximum atomic E-state index is 5.74. The van der Waals surface area contributed by atoms with Crippen molar-refractivity contribution in [1.29, 1.82) is 0 Å². The fourth-order valence-electron chi connectivity index (χ4n) is 2.17. The van der Waals surface area contributed by atoms with Crippen LogP contribution in [-0.4, -0.2) is 44.8 Å². The summed E-state index contributed by atoms with van der Waals surface area (Å²) in [4.78, 5) is 2.40. The number of nitrogens with one attached hydrogen (secondary N) is 1. The van der Waals surface area contributed by atoms with Crippen molar-refractivity contribution < 1.29 is 9.47 Å². The summed E-state index contributed by atoms with van der Waals surface area (Å²) in [5.41, 5.74) is 1.11. The number of hydrogen-bond donors (Lipinski definition) is 1. The minimum absolute atomic E-state index is 0.479. The van der Waals surface area contributed by atoms with Crippen LogP contribution in [-0.2, 0) is 6.54 Å². The number of nitrogens with zero attached hydrogens (tertiary/aromatic N) is 1. The van der Waals surface area contributed by atoms with Crippen molar-refractivity contribution in [3.63, 3.8) is 0 Å². The average molecular weight is 292 g/mol. The third-order valence-electron chi connectivity index (χ3n) is 3.44. The van der Waals surface area contributed by atoms with Gasteiger partial charge in [-0.2, -0.15) is 0 Å². The fourth-order valence-corrected chi connectivity index (χ4v) is 2.17. The standard InChI is InChI=1S/C17H28N2O2/c1-5-13-21-17-15(9-8-10-16(17)20-4)14-18-11-12-19(6-2)7-3/h5,8-10,18H,1,6-7,11-14H2,2-4H3. The van der Waals surface area contributed by atoms with Crippen LogP contribution in [0.4, 0.5) is 0 Å². The normalized spacial score (nSPS) is 10.7. The molecule has 118 valence electrons. The molecule has 0 radical (unpaired) electrons. The maximum Gasteiger partial charge on any atom is 0.166 e. The molecule has 0 atom stereocenters. The van der Waals surface area contributed by atoms with Crippen molar-refractivity contribution in [3.8, 4) is 11.5 Å². The van der Waals surface area contributed by atoms with Gasteiger partial charge in [-0.1, -0.05) is 38.6 Å². The van der Waals surface area contributed by atoms with Crippen LogP contribution in [0.1, 0.15) is 19.4 Å². The second kappa shape index (κ2) is 10.2. The van der Waals surface area contributed by atoms with Gasteiger partial charge in [-0.15, -0.1) is 0 Å². The lowest BCUT2D eigenvalue weighted by atomic mass is 10.2. The van der Waals surface area contributed by atoms with Crippen molar-refractivity contribution in [2.45, 2.75) is 20.4 Å².